The second-order valence-corrected chi connectivity index (χ2v) is 5.61. The van der Waals surface area contributed by atoms with Crippen molar-refractivity contribution in [1.82, 2.24) is 9.78 Å². The number of aliphatic hydroxyl groups is 1. The van der Waals surface area contributed by atoms with Gasteiger partial charge in [-0.1, -0.05) is 0 Å². The summed E-state index contributed by atoms with van der Waals surface area (Å²) in [6.07, 6.45) is 3.58. The van der Waals surface area contributed by atoms with Crippen LogP contribution in [0.2, 0.25) is 0 Å². The topological polar surface area (TPSA) is 56.5 Å². The van der Waals surface area contributed by atoms with Gasteiger partial charge in [-0.15, -0.1) is 0 Å². The summed E-state index contributed by atoms with van der Waals surface area (Å²) in [6, 6.07) is 5.82. The highest BCUT2D eigenvalue weighted by Gasteiger charge is 2.29. The summed E-state index contributed by atoms with van der Waals surface area (Å²) < 4.78 is 13.1. The zero-order chi connectivity index (χ0) is 15.0. The molecule has 21 heavy (non-hydrogen) atoms. The van der Waals surface area contributed by atoms with Crippen molar-refractivity contribution >= 4 is 0 Å². The highest BCUT2D eigenvalue weighted by atomic mass is 16.5. The van der Waals surface area contributed by atoms with Crippen LogP contribution in [-0.4, -0.2) is 22.0 Å². The van der Waals surface area contributed by atoms with E-state index in [1.165, 1.54) is 0 Å². The molecule has 5 heteroatoms. The van der Waals surface area contributed by atoms with Gasteiger partial charge < -0.3 is 14.6 Å². The second-order valence-electron chi connectivity index (χ2n) is 5.61. The first-order valence-electron chi connectivity index (χ1n) is 7.15. The predicted molar refractivity (Wildman–Crippen MR) is 78.6 cm³/mol. The SMILES string of the molecule is COc1ccc2c(c1)[C@@H](O)CC(c1cnn(C(C)C)c1)O2. The Kier molecular flexibility index (Phi) is 3.59. The van der Waals surface area contributed by atoms with E-state index in [4.69, 9.17) is 9.47 Å². The molecule has 1 N–H and O–H groups in total. The molecular weight excluding hydrogens is 268 g/mol. The number of benzene rings is 1. The quantitative estimate of drug-likeness (QED) is 0.943. The summed E-state index contributed by atoms with van der Waals surface area (Å²) in [5, 5.41) is 14.7. The standard InChI is InChI=1S/C16H20N2O3/c1-10(2)18-9-11(8-17-18)16-7-14(19)13-6-12(20-3)4-5-15(13)21-16/h4-6,8-10,14,16,19H,7H2,1-3H3/t14-,16?/m0/s1. The molecule has 0 spiro atoms. The molecule has 0 radical (unpaired) electrons. The molecule has 0 amide bonds. The van der Waals surface area contributed by atoms with Crippen molar-refractivity contribution in [2.75, 3.05) is 7.11 Å². The molecule has 1 aliphatic rings. The molecule has 2 heterocycles. The Hall–Kier alpha value is -2.01. The Morgan fingerprint density at radius 1 is 1.43 bits per heavy atom. The largest absolute Gasteiger partial charge is 0.497 e. The average Bonchev–Trinajstić information content (AvgIpc) is 2.97. The van der Waals surface area contributed by atoms with Gasteiger partial charge in [-0.25, -0.2) is 0 Å². The van der Waals surface area contributed by atoms with Crippen molar-refractivity contribution in [3.05, 3.63) is 41.7 Å². The van der Waals surface area contributed by atoms with Gasteiger partial charge >= 0.3 is 0 Å². The maximum Gasteiger partial charge on any atom is 0.130 e. The van der Waals surface area contributed by atoms with E-state index in [2.05, 4.69) is 18.9 Å². The first-order chi connectivity index (χ1) is 10.1. The zero-order valence-electron chi connectivity index (χ0n) is 12.5. The predicted octanol–water partition coefficient (Wildman–Crippen LogP) is 3.03. The smallest absolute Gasteiger partial charge is 0.130 e. The molecule has 1 aromatic carbocycles. The van der Waals surface area contributed by atoms with Gasteiger partial charge in [0.15, 0.2) is 0 Å². The van der Waals surface area contributed by atoms with E-state index in [0.29, 0.717) is 18.2 Å². The molecule has 0 aliphatic carbocycles. The van der Waals surface area contributed by atoms with Gasteiger partial charge in [-0.2, -0.15) is 5.10 Å². The van der Waals surface area contributed by atoms with Gasteiger partial charge in [0.25, 0.3) is 0 Å². The van der Waals surface area contributed by atoms with Gasteiger partial charge in [0.05, 0.1) is 19.4 Å². The summed E-state index contributed by atoms with van der Waals surface area (Å²) in [4.78, 5) is 0. The molecule has 2 aromatic rings. The lowest BCUT2D eigenvalue weighted by Gasteiger charge is -2.29. The molecule has 112 valence electrons. The summed E-state index contributed by atoms with van der Waals surface area (Å²) in [5.74, 6) is 1.43. The molecule has 0 bridgehead atoms. The average molecular weight is 288 g/mol. The van der Waals surface area contributed by atoms with Gasteiger partial charge in [-0.05, 0) is 32.0 Å². The number of hydrogen-bond acceptors (Lipinski definition) is 4. The van der Waals surface area contributed by atoms with Gasteiger partial charge in [0.2, 0.25) is 0 Å². The maximum atomic E-state index is 10.4. The Labute approximate surface area is 124 Å². The number of nitrogens with zero attached hydrogens (tertiary/aromatic N) is 2. The van der Waals surface area contributed by atoms with E-state index in [1.54, 1.807) is 7.11 Å². The fourth-order valence-electron chi connectivity index (χ4n) is 2.56. The molecule has 0 fully saturated rings. The van der Waals surface area contributed by atoms with Crippen LogP contribution in [0, 0.1) is 0 Å². The van der Waals surface area contributed by atoms with E-state index >= 15 is 0 Å². The van der Waals surface area contributed by atoms with Crippen molar-refractivity contribution < 1.29 is 14.6 Å². The van der Waals surface area contributed by atoms with Crippen molar-refractivity contribution in [2.24, 2.45) is 0 Å². The highest BCUT2D eigenvalue weighted by Crippen LogP contribution is 2.42. The lowest BCUT2D eigenvalue weighted by Crippen LogP contribution is -2.18. The van der Waals surface area contributed by atoms with E-state index in [9.17, 15) is 5.11 Å². The van der Waals surface area contributed by atoms with E-state index < -0.39 is 6.10 Å². The third kappa shape index (κ3) is 2.61. The second kappa shape index (κ2) is 5.41. The van der Waals surface area contributed by atoms with Crippen molar-refractivity contribution in [1.29, 1.82) is 0 Å². The molecule has 1 aliphatic heterocycles. The van der Waals surface area contributed by atoms with Crippen molar-refractivity contribution in [3.63, 3.8) is 0 Å². The molecule has 1 aromatic heterocycles. The molecule has 0 saturated heterocycles. The first kappa shape index (κ1) is 13.9. The van der Waals surface area contributed by atoms with Crippen LogP contribution in [0.5, 0.6) is 11.5 Å². The highest BCUT2D eigenvalue weighted by molar-refractivity contribution is 5.43. The number of ether oxygens (including phenoxy) is 2. The number of aliphatic hydroxyl groups excluding tert-OH is 1. The van der Waals surface area contributed by atoms with E-state index in [0.717, 1.165) is 16.9 Å². The lowest BCUT2D eigenvalue weighted by molar-refractivity contribution is 0.0654. The minimum absolute atomic E-state index is 0.173. The van der Waals surface area contributed by atoms with Gasteiger partial charge in [-0.3, -0.25) is 4.68 Å². The monoisotopic (exact) mass is 288 g/mol. The maximum absolute atomic E-state index is 10.4. The Bertz CT molecular complexity index is 636. The normalized spacial score (nSPS) is 21.0. The van der Waals surface area contributed by atoms with Crippen LogP contribution < -0.4 is 9.47 Å². The summed E-state index contributed by atoms with van der Waals surface area (Å²) in [6.45, 7) is 4.16. The fourth-order valence-corrected chi connectivity index (χ4v) is 2.56. The van der Waals surface area contributed by atoms with Crippen molar-refractivity contribution in [2.45, 2.75) is 38.5 Å². The number of aromatic nitrogens is 2. The molecule has 0 saturated carbocycles. The number of rotatable bonds is 3. The molecule has 5 nitrogen and oxygen atoms in total. The Balaban J connectivity index is 1.87. The summed E-state index contributed by atoms with van der Waals surface area (Å²) in [5.41, 5.74) is 1.77. The van der Waals surface area contributed by atoms with Gasteiger partial charge in [0, 0.05) is 29.8 Å². The van der Waals surface area contributed by atoms with Crippen LogP contribution in [0.3, 0.4) is 0 Å². The van der Waals surface area contributed by atoms with Crippen molar-refractivity contribution in [3.8, 4) is 11.5 Å². The van der Waals surface area contributed by atoms with E-state index in [-0.39, 0.29) is 6.10 Å². The molecule has 3 rings (SSSR count). The van der Waals surface area contributed by atoms with Crippen LogP contribution in [0.25, 0.3) is 0 Å². The Morgan fingerprint density at radius 2 is 2.24 bits per heavy atom. The zero-order valence-corrected chi connectivity index (χ0v) is 12.5. The minimum Gasteiger partial charge on any atom is -0.497 e. The fraction of sp³-hybridized carbons (Fsp3) is 0.438. The number of fused-ring (bicyclic) bond motifs is 1. The first-order valence-corrected chi connectivity index (χ1v) is 7.15. The lowest BCUT2D eigenvalue weighted by atomic mass is 9.96. The van der Waals surface area contributed by atoms with Crippen LogP contribution in [0.1, 0.15) is 49.6 Å². The molecular formula is C16H20N2O3. The van der Waals surface area contributed by atoms with Crippen LogP contribution in [-0.2, 0) is 0 Å². The molecule has 1 unspecified atom stereocenters. The molecule has 2 atom stereocenters. The third-order valence-electron chi connectivity index (χ3n) is 3.80. The number of methoxy groups -OCH3 is 1. The summed E-state index contributed by atoms with van der Waals surface area (Å²) in [7, 11) is 1.61. The van der Waals surface area contributed by atoms with Crippen LogP contribution >= 0.6 is 0 Å². The third-order valence-corrected chi connectivity index (χ3v) is 3.80. The van der Waals surface area contributed by atoms with Crippen LogP contribution in [0.15, 0.2) is 30.6 Å². The van der Waals surface area contributed by atoms with Crippen LogP contribution in [0.4, 0.5) is 0 Å². The van der Waals surface area contributed by atoms with Gasteiger partial charge in [0.1, 0.15) is 17.6 Å². The Morgan fingerprint density at radius 3 is 2.90 bits per heavy atom. The van der Waals surface area contributed by atoms with E-state index in [1.807, 2.05) is 35.3 Å². The number of hydrogen-bond donors (Lipinski definition) is 1. The minimum atomic E-state index is -0.559. The summed E-state index contributed by atoms with van der Waals surface area (Å²) >= 11 is 0.